The summed E-state index contributed by atoms with van der Waals surface area (Å²) in [5.74, 6) is 0. The van der Waals surface area contributed by atoms with Crippen LogP contribution in [-0.4, -0.2) is 0 Å². The Morgan fingerprint density at radius 2 is 2.00 bits per heavy atom. The average molecular weight is 229 g/mol. The van der Waals surface area contributed by atoms with Gasteiger partial charge in [0.15, 0.2) is 0 Å². The van der Waals surface area contributed by atoms with E-state index in [-0.39, 0.29) is 11.0 Å². The molecule has 0 aliphatic carbocycles. The van der Waals surface area contributed by atoms with E-state index in [0.717, 1.165) is 6.07 Å². The molecule has 2 nitrogen and oxygen atoms in total. The number of halogens is 3. The van der Waals surface area contributed by atoms with Crippen LogP contribution in [0, 0.1) is 0 Å². The molecule has 1 heterocycles. The molecular weight excluding hydrogens is 219 g/mol. The van der Waals surface area contributed by atoms with Crippen molar-refractivity contribution in [2.24, 2.45) is 5.73 Å². The number of rotatable bonds is 1. The lowest BCUT2D eigenvalue weighted by molar-refractivity contribution is -0.136. The Morgan fingerprint density at radius 1 is 1.31 bits per heavy atom. The van der Waals surface area contributed by atoms with Gasteiger partial charge in [-0.3, -0.25) is 0 Å². The van der Waals surface area contributed by atoms with Gasteiger partial charge in [-0.25, -0.2) is 0 Å². The molecule has 2 rings (SSSR count). The molecule has 0 aliphatic heterocycles. The van der Waals surface area contributed by atoms with Gasteiger partial charge in [-0.05, 0) is 19.1 Å². The summed E-state index contributed by atoms with van der Waals surface area (Å²) < 4.78 is 43.3. The first-order valence-electron chi connectivity index (χ1n) is 4.74. The summed E-state index contributed by atoms with van der Waals surface area (Å²) in [6.07, 6.45) is -3.11. The number of benzene rings is 1. The molecule has 1 unspecified atom stereocenters. The fraction of sp³-hybridized carbons (Fsp3) is 0.273. The second kappa shape index (κ2) is 3.52. The van der Waals surface area contributed by atoms with Crippen molar-refractivity contribution in [2.45, 2.75) is 19.1 Å². The molecule has 0 fully saturated rings. The van der Waals surface area contributed by atoms with Crippen LogP contribution in [0.3, 0.4) is 0 Å². The molecule has 1 aromatic carbocycles. The number of hydrogen-bond donors (Lipinski definition) is 1. The van der Waals surface area contributed by atoms with Crippen LogP contribution >= 0.6 is 0 Å². The van der Waals surface area contributed by atoms with Gasteiger partial charge in [0.1, 0.15) is 5.58 Å². The SMILES string of the molecule is CC(N)c1coc2cccc(C(F)(F)F)c12. The van der Waals surface area contributed by atoms with Crippen LogP contribution in [0.15, 0.2) is 28.9 Å². The first kappa shape index (κ1) is 11.0. The highest BCUT2D eigenvalue weighted by Gasteiger charge is 2.34. The van der Waals surface area contributed by atoms with Crippen LogP contribution in [0.4, 0.5) is 13.2 Å². The van der Waals surface area contributed by atoms with Crippen molar-refractivity contribution in [3.63, 3.8) is 0 Å². The predicted molar refractivity (Wildman–Crippen MR) is 53.8 cm³/mol. The van der Waals surface area contributed by atoms with Crippen LogP contribution in [0.25, 0.3) is 11.0 Å². The second-order valence-corrected chi connectivity index (χ2v) is 3.66. The molecule has 5 heteroatoms. The van der Waals surface area contributed by atoms with Gasteiger partial charge in [-0.1, -0.05) is 6.07 Å². The zero-order chi connectivity index (χ0) is 11.9. The number of furan rings is 1. The highest BCUT2D eigenvalue weighted by molar-refractivity contribution is 5.85. The van der Waals surface area contributed by atoms with E-state index >= 15 is 0 Å². The van der Waals surface area contributed by atoms with E-state index in [4.69, 9.17) is 10.2 Å². The van der Waals surface area contributed by atoms with Gasteiger partial charge in [0.05, 0.1) is 11.8 Å². The average Bonchev–Trinajstić information content (AvgIpc) is 2.58. The number of alkyl halides is 3. The fourth-order valence-electron chi connectivity index (χ4n) is 1.68. The lowest BCUT2D eigenvalue weighted by Crippen LogP contribution is -2.09. The molecule has 0 aliphatic rings. The van der Waals surface area contributed by atoms with Crippen molar-refractivity contribution in [2.75, 3.05) is 0 Å². The molecule has 1 atom stereocenters. The van der Waals surface area contributed by atoms with E-state index in [9.17, 15) is 13.2 Å². The molecule has 0 radical (unpaired) electrons. The van der Waals surface area contributed by atoms with E-state index < -0.39 is 17.8 Å². The minimum absolute atomic E-state index is 0.0602. The topological polar surface area (TPSA) is 39.2 Å². The third-order valence-electron chi connectivity index (χ3n) is 2.42. The number of nitrogens with two attached hydrogens (primary N) is 1. The molecule has 2 N–H and O–H groups in total. The molecule has 16 heavy (non-hydrogen) atoms. The van der Waals surface area contributed by atoms with Crippen molar-refractivity contribution in [3.05, 3.63) is 35.6 Å². The maximum Gasteiger partial charge on any atom is 0.417 e. The quantitative estimate of drug-likeness (QED) is 0.813. The number of fused-ring (bicyclic) bond motifs is 1. The molecular formula is C11H10F3NO. The summed E-state index contributed by atoms with van der Waals surface area (Å²) in [7, 11) is 0. The van der Waals surface area contributed by atoms with Gasteiger partial charge in [-0.15, -0.1) is 0 Å². The normalized spacial score (nSPS) is 14.3. The fourth-order valence-corrected chi connectivity index (χ4v) is 1.68. The number of hydrogen-bond acceptors (Lipinski definition) is 2. The van der Waals surface area contributed by atoms with Crippen LogP contribution in [0.5, 0.6) is 0 Å². The minimum atomic E-state index is -4.40. The van der Waals surface area contributed by atoms with Crippen molar-refractivity contribution < 1.29 is 17.6 Å². The lowest BCUT2D eigenvalue weighted by atomic mass is 10.0. The predicted octanol–water partition coefficient (Wildman–Crippen LogP) is 3.47. The standard InChI is InChI=1S/C11H10F3NO/c1-6(15)7-5-16-9-4-2-3-8(10(7)9)11(12,13)14/h2-6H,15H2,1H3. The van der Waals surface area contributed by atoms with Crippen molar-refractivity contribution in [1.82, 2.24) is 0 Å². The summed E-state index contributed by atoms with van der Waals surface area (Å²) >= 11 is 0. The molecule has 0 saturated heterocycles. The van der Waals surface area contributed by atoms with Gasteiger partial charge in [-0.2, -0.15) is 13.2 Å². The zero-order valence-corrected chi connectivity index (χ0v) is 8.51. The third-order valence-corrected chi connectivity index (χ3v) is 2.42. The van der Waals surface area contributed by atoms with Gasteiger partial charge >= 0.3 is 6.18 Å². The third kappa shape index (κ3) is 1.67. The van der Waals surface area contributed by atoms with E-state index in [2.05, 4.69) is 0 Å². The molecule has 1 aromatic heterocycles. The maximum atomic E-state index is 12.8. The van der Waals surface area contributed by atoms with E-state index in [1.54, 1.807) is 6.92 Å². The van der Waals surface area contributed by atoms with Gasteiger partial charge < -0.3 is 10.2 Å². The van der Waals surface area contributed by atoms with E-state index in [1.807, 2.05) is 0 Å². The Kier molecular flexibility index (Phi) is 2.42. The minimum Gasteiger partial charge on any atom is -0.464 e. The summed E-state index contributed by atoms with van der Waals surface area (Å²) in [5, 5.41) is 0.0602. The Balaban J connectivity index is 2.79. The lowest BCUT2D eigenvalue weighted by Gasteiger charge is -2.10. The zero-order valence-electron chi connectivity index (χ0n) is 8.51. The molecule has 86 valence electrons. The molecule has 0 spiro atoms. The van der Waals surface area contributed by atoms with Crippen LogP contribution in [-0.2, 0) is 6.18 Å². The van der Waals surface area contributed by atoms with Crippen LogP contribution in [0.1, 0.15) is 24.1 Å². The first-order valence-corrected chi connectivity index (χ1v) is 4.74. The molecule has 0 amide bonds. The van der Waals surface area contributed by atoms with Crippen molar-refractivity contribution >= 4 is 11.0 Å². The summed E-state index contributed by atoms with van der Waals surface area (Å²) in [5.41, 5.74) is 5.49. The molecule has 0 bridgehead atoms. The van der Waals surface area contributed by atoms with Crippen LogP contribution < -0.4 is 5.73 Å². The summed E-state index contributed by atoms with van der Waals surface area (Å²) in [4.78, 5) is 0. The van der Waals surface area contributed by atoms with E-state index in [1.165, 1.54) is 18.4 Å². The monoisotopic (exact) mass is 229 g/mol. The Hall–Kier alpha value is -1.49. The molecule has 2 aromatic rings. The van der Waals surface area contributed by atoms with Gasteiger partial charge in [0.25, 0.3) is 0 Å². The van der Waals surface area contributed by atoms with Crippen molar-refractivity contribution in [3.8, 4) is 0 Å². The summed E-state index contributed by atoms with van der Waals surface area (Å²) in [6.45, 7) is 1.62. The van der Waals surface area contributed by atoms with Crippen LogP contribution in [0.2, 0.25) is 0 Å². The highest BCUT2D eigenvalue weighted by atomic mass is 19.4. The highest BCUT2D eigenvalue weighted by Crippen LogP contribution is 2.38. The van der Waals surface area contributed by atoms with Crippen molar-refractivity contribution in [1.29, 1.82) is 0 Å². The largest absolute Gasteiger partial charge is 0.464 e. The van der Waals surface area contributed by atoms with Gasteiger partial charge in [0, 0.05) is 17.0 Å². The smallest absolute Gasteiger partial charge is 0.417 e. The Morgan fingerprint density at radius 3 is 2.56 bits per heavy atom. The summed E-state index contributed by atoms with van der Waals surface area (Å²) in [6, 6.07) is 3.35. The van der Waals surface area contributed by atoms with E-state index in [0.29, 0.717) is 5.56 Å². The molecule has 0 saturated carbocycles. The van der Waals surface area contributed by atoms with Gasteiger partial charge in [0.2, 0.25) is 0 Å². The maximum absolute atomic E-state index is 12.8. The second-order valence-electron chi connectivity index (χ2n) is 3.66. The first-order chi connectivity index (χ1) is 7.41. The Bertz CT molecular complexity index is 513. The Labute approximate surface area is 89.8 Å².